The highest BCUT2D eigenvalue weighted by Crippen LogP contribution is 2.33. The van der Waals surface area contributed by atoms with Gasteiger partial charge in [-0.3, -0.25) is 9.36 Å². The molecule has 0 saturated carbocycles. The van der Waals surface area contributed by atoms with Crippen molar-refractivity contribution in [2.24, 2.45) is 0 Å². The zero-order valence-electron chi connectivity index (χ0n) is 23.9. The van der Waals surface area contributed by atoms with Crippen LogP contribution in [0.3, 0.4) is 0 Å². The highest BCUT2D eigenvalue weighted by molar-refractivity contribution is 7.90. The fourth-order valence-corrected chi connectivity index (χ4v) is 6.63. The van der Waals surface area contributed by atoms with Crippen molar-refractivity contribution in [3.8, 4) is 6.01 Å². The predicted octanol–water partition coefficient (Wildman–Crippen LogP) is 1.29. The number of likely N-dealkylation sites (N-methyl/N-ethyl adjacent to an activating group) is 1. The first kappa shape index (κ1) is 29.5. The van der Waals surface area contributed by atoms with Crippen molar-refractivity contribution < 1.29 is 32.9 Å². The van der Waals surface area contributed by atoms with E-state index in [2.05, 4.69) is 20.3 Å². The lowest BCUT2D eigenvalue weighted by atomic mass is 10.1. The number of aliphatic hydroxyl groups is 2. The van der Waals surface area contributed by atoms with Gasteiger partial charge in [0.15, 0.2) is 29.3 Å². The number of anilines is 1. The topological polar surface area (TPSA) is 197 Å². The highest BCUT2D eigenvalue weighted by atomic mass is 32.2. The normalized spacial score (nSPS) is 20.4. The van der Waals surface area contributed by atoms with Crippen LogP contribution < -0.4 is 15.8 Å². The molecule has 5 N–H and O–H groups in total. The lowest BCUT2D eigenvalue weighted by molar-refractivity contribution is -0.137. The third-order valence-corrected chi connectivity index (χ3v) is 9.18. The van der Waals surface area contributed by atoms with Gasteiger partial charge in [-0.15, -0.1) is 0 Å². The first-order valence-electron chi connectivity index (χ1n) is 13.9. The summed E-state index contributed by atoms with van der Waals surface area (Å²) in [6.07, 6.45) is -2.16. The van der Waals surface area contributed by atoms with Crippen LogP contribution in [0.25, 0.3) is 22.1 Å². The molecule has 0 spiro atoms. The number of carbonyl (C=O) groups is 1. The number of benzene rings is 2. The van der Waals surface area contributed by atoms with Gasteiger partial charge in [0.25, 0.3) is 15.9 Å². The van der Waals surface area contributed by atoms with E-state index in [-0.39, 0.29) is 34.5 Å². The molecule has 14 nitrogen and oxygen atoms in total. The molecule has 15 heteroatoms. The minimum absolute atomic E-state index is 0.0119. The molecular weight excluding hydrogens is 590 g/mol. The molecule has 0 bridgehead atoms. The molecule has 230 valence electrons. The van der Waals surface area contributed by atoms with Crippen LogP contribution in [0, 0.1) is 6.92 Å². The summed E-state index contributed by atoms with van der Waals surface area (Å²) in [5, 5.41) is 24.4. The van der Waals surface area contributed by atoms with E-state index in [0.29, 0.717) is 18.5 Å². The van der Waals surface area contributed by atoms with Crippen LogP contribution in [0.15, 0.2) is 66.0 Å². The van der Waals surface area contributed by atoms with Crippen molar-refractivity contribution in [1.29, 1.82) is 0 Å². The smallest absolute Gasteiger partial charge is 0.320 e. The third-order valence-electron chi connectivity index (χ3n) is 7.49. The number of imidazole rings is 1. The number of nitrogens with zero attached hydrogens (tertiary/aromatic N) is 5. The zero-order valence-corrected chi connectivity index (χ0v) is 24.7. The molecule has 5 aromatic rings. The molecule has 3 aromatic heterocycles. The number of nitrogens with one attached hydrogen (secondary N) is 1. The van der Waals surface area contributed by atoms with E-state index in [1.807, 2.05) is 19.1 Å². The van der Waals surface area contributed by atoms with E-state index in [1.165, 1.54) is 14.9 Å². The Balaban J connectivity index is 1.24. The van der Waals surface area contributed by atoms with E-state index in [0.717, 1.165) is 16.5 Å². The fourth-order valence-electron chi connectivity index (χ4n) is 5.24. The molecule has 4 atom stereocenters. The predicted molar refractivity (Wildman–Crippen MR) is 159 cm³/mol. The molecule has 6 rings (SSSR count). The molecule has 0 radical (unpaired) electrons. The summed E-state index contributed by atoms with van der Waals surface area (Å²) in [5.74, 6) is -0.546. The minimum Gasteiger partial charge on any atom is -0.463 e. The van der Waals surface area contributed by atoms with Gasteiger partial charge >= 0.3 is 6.01 Å². The Morgan fingerprint density at radius 3 is 2.61 bits per heavy atom. The van der Waals surface area contributed by atoms with Crippen molar-refractivity contribution in [1.82, 2.24) is 28.8 Å². The monoisotopic (exact) mass is 621 g/mol. The molecule has 1 fully saturated rings. The lowest BCUT2D eigenvalue weighted by Gasteiger charge is -2.16. The average molecular weight is 622 g/mol. The van der Waals surface area contributed by atoms with Gasteiger partial charge in [-0.2, -0.15) is 9.97 Å². The molecule has 44 heavy (non-hydrogen) atoms. The number of nitrogens with two attached hydrogens (primary N) is 1. The van der Waals surface area contributed by atoms with E-state index >= 15 is 0 Å². The van der Waals surface area contributed by atoms with Gasteiger partial charge in [0.2, 0.25) is 0 Å². The number of para-hydroxylation sites is 1. The van der Waals surface area contributed by atoms with Gasteiger partial charge < -0.3 is 30.7 Å². The molecule has 2 aromatic carbocycles. The van der Waals surface area contributed by atoms with E-state index in [9.17, 15) is 23.4 Å². The Hall–Kier alpha value is -4.57. The van der Waals surface area contributed by atoms with Crippen LogP contribution in [-0.2, 0) is 26.0 Å². The number of aryl methyl sites for hydroxylation is 1. The van der Waals surface area contributed by atoms with Gasteiger partial charge in [0.1, 0.15) is 12.2 Å². The minimum atomic E-state index is -3.85. The number of aromatic nitrogens is 5. The SMILES string of the molecule is CCNC(=O)[C@H]1O[C@@H](n2cnc3c(N)nc(OCCc4cn(S(=O)(=O)c5ccc(C)cc5)c5ccccc45)nc32)[C@H](O)[C@@H]1O. The fraction of sp³-hybridized carbons (Fsp3) is 0.310. The summed E-state index contributed by atoms with van der Waals surface area (Å²) in [5.41, 5.74) is 8.74. The quantitative estimate of drug-likeness (QED) is 0.185. The Labute approximate surface area is 252 Å². The van der Waals surface area contributed by atoms with E-state index in [4.69, 9.17) is 15.2 Å². The van der Waals surface area contributed by atoms with Crippen LogP contribution >= 0.6 is 0 Å². The van der Waals surface area contributed by atoms with Crippen molar-refractivity contribution in [3.05, 3.63) is 72.2 Å². The number of aliphatic hydroxyl groups excluding tert-OH is 2. The highest BCUT2D eigenvalue weighted by Gasteiger charge is 2.47. The summed E-state index contributed by atoms with van der Waals surface area (Å²) >= 11 is 0. The van der Waals surface area contributed by atoms with Gasteiger partial charge in [-0.1, -0.05) is 35.9 Å². The number of carbonyl (C=O) groups excluding carboxylic acids is 1. The van der Waals surface area contributed by atoms with Crippen LogP contribution in [-0.4, -0.2) is 79.5 Å². The number of rotatable bonds is 9. The summed E-state index contributed by atoms with van der Waals surface area (Å²) in [7, 11) is -3.85. The van der Waals surface area contributed by atoms with Gasteiger partial charge in [-0.05, 0) is 37.6 Å². The maximum absolute atomic E-state index is 13.5. The van der Waals surface area contributed by atoms with E-state index < -0.39 is 40.5 Å². The van der Waals surface area contributed by atoms with Crippen molar-refractivity contribution in [2.45, 2.75) is 49.7 Å². The second-order valence-electron chi connectivity index (χ2n) is 10.4. The number of fused-ring (bicyclic) bond motifs is 2. The van der Waals surface area contributed by atoms with Crippen LogP contribution in [0.2, 0.25) is 0 Å². The largest absolute Gasteiger partial charge is 0.463 e. The Morgan fingerprint density at radius 2 is 1.86 bits per heavy atom. The number of hydrogen-bond donors (Lipinski definition) is 4. The number of nitrogen functional groups attached to an aromatic ring is 1. The summed E-state index contributed by atoms with van der Waals surface area (Å²) in [6.45, 7) is 4.03. The number of ether oxygens (including phenoxy) is 2. The number of hydrogen-bond acceptors (Lipinski definition) is 11. The first-order valence-corrected chi connectivity index (χ1v) is 15.4. The Morgan fingerprint density at radius 1 is 1.11 bits per heavy atom. The molecule has 1 aliphatic rings. The standard InChI is InChI=1S/C29H31N7O7S/c1-3-31-27(39)24-22(37)23(38)28(43-24)35-15-32-21-25(30)33-29(34-26(21)35)42-13-12-17-14-36(20-7-5-4-6-19(17)20)44(40,41)18-10-8-16(2)9-11-18/h4-11,14-15,22-24,28,37-38H,3,12-13H2,1-2H3,(H,31,39)(H2,30,33,34)/t22-,23+,24-,28+/m0/s1. The molecule has 1 saturated heterocycles. The van der Waals surface area contributed by atoms with E-state index in [1.54, 1.807) is 49.5 Å². The summed E-state index contributed by atoms with van der Waals surface area (Å²) in [6, 6.07) is 13.8. The molecule has 0 aliphatic carbocycles. The summed E-state index contributed by atoms with van der Waals surface area (Å²) in [4.78, 5) is 25.3. The Bertz CT molecular complexity index is 1960. The van der Waals surface area contributed by atoms with Crippen LogP contribution in [0.4, 0.5) is 5.82 Å². The third kappa shape index (κ3) is 5.13. The van der Waals surface area contributed by atoms with Gasteiger partial charge in [-0.25, -0.2) is 17.4 Å². The van der Waals surface area contributed by atoms with Crippen LogP contribution in [0.5, 0.6) is 6.01 Å². The first-order chi connectivity index (χ1) is 21.1. The van der Waals surface area contributed by atoms with Crippen molar-refractivity contribution >= 4 is 43.8 Å². The van der Waals surface area contributed by atoms with Gasteiger partial charge in [0.05, 0.1) is 23.3 Å². The lowest BCUT2D eigenvalue weighted by Crippen LogP contribution is -2.42. The number of amides is 1. The second-order valence-corrected chi connectivity index (χ2v) is 12.2. The molecule has 1 amide bonds. The van der Waals surface area contributed by atoms with Crippen molar-refractivity contribution in [2.75, 3.05) is 18.9 Å². The molecular formula is C29H31N7O7S. The van der Waals surface area contributed by atoms with Crippen LogP contribution in [0.1, 0.15) is 24.3 Å². The Kier molecular flexibility index (Phi) is 7.71. The summed E-state index contributed by atoms with van der Waals surface area (Å²) < 4.78 is 41.2. The maximum atomic E-state index is 13.5. The van der Waals surface area contributed by atoms with Crippen molar-refractivity contribution in [3.63, 3.8) is 0 Å². The molecule has 1 aliphatic heterocycles. The molecule has 0 unspecified atom stereocenters. The maximum Gasteiger partial charge on any atom is 0.320 e. The zero-order chi connectivity index (χ0) is 31.2. The second kappa shape index (κ2) is 11.5. The molecule has 4 heterocycles. The average Bonchev–Trinajstić information content (AvgIpc) is 3.68. The van der Waals surface area contributed by atoms with Gasteiger partial charge in [0, 0.05) is 24.5 Å².